The molecule has 5 heteroatoms. The molecule has 0 spiro atoms. The monoisotopic (exact) mass is 304 g/mol. The molecule has 0 radical (unpaired) electrons. The lowest BCUT2D eigenvalue weighted by Crippen LogP contribution is -2.30. The minimum Gasteiger partial charge on any atom is -0.356 e. The van der Waals surface area contributed by atoms with E-state index in [-0.39, 0.29) is 0 Å². The third-order valence-corrected chi connectivity index (χ3v) is 3.73. The number of nitrogens with one attached hydrogen (secondary N) is 2. The second-order valence-electron chi connectivity index (χ2n) is 4.26. The van der Waals surface area contributed by atoms with Crippen LogP contribution in [0, 0.1) is 5.41 Å². The summed E-state index contributed by atoms with van der Waals surface area (Å²) in [6, 6.07) is 9.76. The molecular weight excluding hydrogens is 292 g/mol. The van der Waals surface area contributed by atoms with E-state index >= 15 is 0 Å². The number of fused-ring (bicyclic) bond motifs is 1. The largest absolute Gasteiger partial charge is 0.356 e. The minimum absolute atomic E-state index is 0.498. The molecule has 18 heavy (non-hydrogen) atoms. The van der Waals surface area contributed by atoms with Gasteiger partial charge in [0.25, 0.3) is 0 Å². The number of halogens is 1. The molecule has 2 aromatic rings. The second kappa shape index (κ2) is 4.57. The van der Waals surface area contributed by atoms with E-state index in [2.05, 4.69) is 26.2 Å². The molecule has 1 aliphatic heterocycles. The molecule has 3 rings (SSSR count). The Kier molecular flexibility index (Phi) is 2.91. The van der Waals surface area contributed by atoms with E-state index in [1.54, 1.807) is 0 Å². The van der Waals surface area contributed by atoms with E-state index in [0.717, 1.165) is 41.2 Å². The number of hydrogen-bond acceptors (Lipinski definition) is 3. The van der Waals surface area contributed by atoms with Crippen molar-refractivity contribution >= 4 is 21.9 Å². The molecule has 0 fully saturated rings. The van der Waals surface area contributed by atoms with Crippen molar-refractivity contribution in [2.75, 3.05) is 11.9 Å². The van der Waals surface area contributed by atoms with Crippen molar-refractivity contribution in [3.05, 3.63) is 40.3 Å². The van der Waals surface area contributed by atoms with Crippen LogP contribution in [0.3, 0.4) is 0 Å². The quantitative estimate of drug-likeness (QED) is 0.851. The molecule has 1 aliphatic rings. The van der Waals surface area contributed by atoms with Gasteiger partial charge in [-0.25, -0.2) is 4.98 Å². The summed E-state index contributed by atoms with van der Waals surface area (Å²) in [4.78, 5) is 4.61. The fourth-order valence-electron chi connectivity index (χ4n) is 2.13. The molecule has 0 saturated heterocycles. The highest BCUT2D eigenvalue weighted by Gasteiger charge is 2.12. The summed E-state index contributed by atoms with van der Waals surface area (Å²) in [6.45, 7) is 1.79. The Morgan fingerprint density at radius 3 is 3.00 bits per heavy atom. The van der Waals surface area contributed by atoms with Crippen LogP contribution in [-0.2, 0) is 6.54 Å². The smallest absolute Gasteiger partial charge is 0.204 e. The molecule has 92 valence electrons. The molecule has 1 aromatic carbocycles. The van der Waals surface area contributed by atoms with Crippen molar-refractivity contribution < 1.29 is 0 Å². The van der Waals surface area contributed by atoms with Gasteiger partial charge in [0.15, 0.2) is 0 Å². The topological polar surface area (TPSA) is 53.7 Å². The molecule has 0 amide bonds. The van der Waals surface area contributed by atoms with Crippen LogP contribution in [0.5, 0.6) is 0 Å². The summed E-state index contributed by atoms with van der Waals surface area (Å²) >= 11 is 3.53. The van der Waals surface area contributed by atoms with Gasteiger partial charge in [-0.15, -0.1) is 0 Å². The van der Waals surface area contributed by atoms with E-state index in [1.807, 2.05) is 34.9 Å². The lowest BCUT2D eigenvalue weighted by Gasteiger charge is -2.20. The van der Waals surface area contributed by atoms with Crippen molar-refractivity contribution in [2.24, 2.45) is 0 Å². The van der Waals surface area contributed by atoms with Crippen molar-refractivity contribution in [2.45, 2.75) is 13.0 Å². The summed E-state index contributed by atoms with van der Waals surface area (Å²) in [5.74, 6) is 0.791. The number of aromatic nitrogens is 2. The normalized spacial score (nSPS) is 13.8. The van der Waals surface area contributed by atoms with Crippen LogP contribution < -0.4 is 10.8 Å². The molecule has 0 unspecified atom stereocenters. The summed E-state index contributed by atoms with van der Waals surface area (Å²) < 4.78 is 2.90. The predicted octanol–water partition coefficient (Wildman–Crippen LogP) is 2.61. The van der Waals surface area contributed by atoms with Gasteiger partial charge in [-0.05, 0) is 12.5 Å². The summed E-state index contributed by atoms with van der Waals surface area (Å²) in [5, 5.41) is 11.3. The molecule has 2 N–H and O–H groups in total. The third-order valence-electron chi connectivity index (χ3n) is 3.04. The molecule has 4 nitrogen and oxygen atoms in total. The van der Waals surface area contributed by atoms with Crippen molar-refractivity contribution in [1.82, 2.24) is 9.55 Å². The number of benzene rings is 1. The first kappa shape index (κ1) is 11.5. The minimum atomic E-state index is 0.498. The first-order chi connectivity index (χ1) is 8.75. The number of nitrogens with zero attached hydrogens (tertiary/aromatic N) is 2. The van der Waals surface area contributed by atoms with Gasteiger partial charge in [-0.1, -0.05) is 34.1 Å². The van der Waals surface area contributed by atoms with Gasteiger partial charge in [-0.3, -0.25) is 9.98 Å². The molecule has 2 heterocycles. The molecular formula is C13H13BrN4. The molecule has 0 saturated carbocycles. The van der Waals surface area contributed by atoms with E-state index in [9.17, 15) is 0 Å². The molecule has 0 bridgehead atoms. The second-order valence-corrected chi connectivity index (χ2v) is 5.12. The Balaban J connectivity index is 2.17. The zero-order chi connectivity index (χ0) is 12.5. The van der Waals surface area contributed by atoms with Crippen molar-refractivity contribution in [1.29, 1.82) is 5.41 Å². The van der Waals surface area contributed by atoms with Crippen LogP contribution in [0.2, 0.25) is 0 Å². The number of hydrogen-bond donors (Lipinski definition) is 2. The SMILES string of the molecule is N=c1cc(-c2ccccc2Br)nc2n1CCCN2. The van der Waals surface area contributed by atoms with Crippen LogP contribution in [0.1, 0.15) is 6.42 Å². The lowest BCUT2D eigenvalue weighted by atomic mass is 10.1. The van der Waals surface area contributed by atoms with Crippen molar-refractivity contribution in [3.63, 3.8) is 0 Å². The zero-order valence-electron chi connectivity index (χ0n) is 9.78. The number of rotatable bonds is 1. The third kappa shape index (κ3) is 1.95. The highest BCUT2D eigenvalue weighted by Crippen LogP contribution is 2.26. The summed E-state index contributed by atoms with van der Waals surface area (Å²) in [5.41, 5.74) is 2.34. The standard InChI is InChI=1S/C13H13BrN4/c14-10-5-2-1-4-9(10)11-8-12(15)18-7-3-6-16-13(18)17-11/h1-2,4-5,8,15H,3,6-7H2,(H,16,17). The molecule has 0 atom stereocenters. The molecule has 0 aliphatic carbocycles. The Morgan fingerprint density at radius 2 is 2.17 bits per heavy atom. The first-order valence-corrected chi connectivity index (χ1v) is 6.70. The maximum absolute atomic E-state index is 8.08. The zero-order valence-corrected chi connectivity index (χ0v) is 11.4. The van der Waals surface area contributed by atoms with Gasteiger partial charge in [0.2, 0.25) is 5.95 Å². The maximum atomic E-state index is 8.08. The Labute approximate surface area is 113 Å². The summed E-state index contributed by atoms with van der Waals surface area (Å²) in [7, 11) is 0. The van der Waals surface area contributed by atoms with Crippen molar-refractivity contribution in [3.8, 4) is 11.3 Å². The fourth-order valence-corrected chi connectivity index (χ4v) is 2.62. The predicted molar refractivity (Wildman–Crippen MR) is 74.3 cm³/mol. The van der Waals surface area contributed by atoms with Gasteiger partial charge in [-0.2, -0.15) is 0 Å². The number of anilines is 1. The van der Waals surface area contributed by atoms with Gasteiger partial charge < -0.3 is 5.32 Å². The van der Waals surface area contributed by atoms with Gasteiger partial charge in [0.1, 0.15) is 5.49 Å². The van der Waals surface area contributed by atoms with E-state index in [0.29, 0.717) is 5.49 Å². The fraction of sp³-hybridized carbons (Fsp3) is 0.231. The van der Waals surface area contributed by atoms with Crippen LogP contribution >= 0.6 is 15.9 Å². The highest BCUT2D eigenvalue weighted by molar-refractivity contribution is 9.10. The van der Waals surface area contributed by atoms with Crippen LogP contribution in [0.15, 0.2) is 34.8 Å². The van der Waals surface area contributed by atoms with Gasteiger partial charge in [0, 0.05) is 29.2 Å². The highest BCUT2D eigenvalue weighted by atomic mass is 79.9. The van der Waals surface area contributed by atoms with Crippen LogP contribution in [-0.4, -0.2) is 16.1 Å². The average molecular weight is 305 g/mol. The Bertz CT molecular complexity index is 648. The van der Waals surface area contributed by atoms with Gasteiger partial charge in [0.05, 0.1) is 5.69 Å². The van der Waals surface area contributed by atoms with E-state index in [4.69, 9.17) is 5.41 Å². The van der Waals surface area contributed by atoms with Crippen LogP contribution in [0.4, 0.5) is 5.95 Å². The van der Waals surface area contributed by atoms with E-state index < -0.39 is 0 Å². The summed E-state index contributed by atoms with van der Waals surface area (Å²) in [6.07, 6.45) is 1.04. The average Bonchev–Trinajstić information content (AvgIpc) is 2.39. The Morgan fingerprint density at radius 1 is 1.33 bits per heavy atom. The van der Waals surface area contributed by atoms with E-state index in [1.165, 1.54) is 0 Å². The molecule has 1 aromatic heterocycles. The lowest BCUT2D eigenvalue weighted by molar-refractivity contribution is 0.584. The van der Waals surface area contributed by atoms with Crippen LogP contribution in [0.25, 0.3) is 11.3 Å². The maximum Gasteiger partial charge on any atom is 0.204 e. The Hall–Kier alpha value is -1.62. The van der Waals surface area contributed by atoms with Gasteiger partial charge >= 0.3 is 0 Å². The first-order valence-electron chi connectivity index (χ1n) is 5.91.